The van der Waals surface area contributed by atoms with Gasteiger partial charge in [-0.2, -0.15) is 0 Å². The third-order valence-electron chi connectivity index (χ3n) is 3.30. The molecule has 1 fully saturated rings. The Kier molecular flexibility index (Phi) is 4.74. The summed E-state index contributed by atoms with van der Waals surface area (Å²) in [5.41, 5.74) is 5.08. The van der Waals surface area contributed by atoms with E-state index < -0.39 is 12.1 Å². The molecule has 1 saturated heterocycles. The Hall–Kier alpha value is -1.30. The van der Waals surface area contributed by atoms with Gasteiger partial charge in [0.25, 0.3) is 0 Å². The van der Waals surface area contributed by atoms with Gasteiger partial charge < -0.3 is 21.1 Å². The molecule has 6 nitrogen and oxygen atoms in total. The van der Waals surface area contributed by atoms with Crippen LogP contribution in [0.1, 0.15) is 20.3 Å². The molecule has 0 bridgehead atoms. The number of primary amides is 1. The number of nitrogens with two attached hydrogens (primary N) is 1. The van der Waals surface area contributed by atoms with Gasteiger partial charge in [0.05, 0.1) is 0 Å². The van der Waals surface area contributed by atoms with Crippen LogP contribution in [0.15, 0.2) is 0 Å². The van der Waals surface area contributed by atoms with Crippen molar-refractivity contribution in [3.8, 4) is 0 Å². The van der Waals surface area contributed by atoms with Crippen LogP contribution in [-0.2, 0) is 4.79 Å². The summed E-state index contributed by atoms with van der Waals surface area (Å²) >= 11 is 0. The minimum absolute atomic E-state index is 0.0446. The molecule has 0 aromatic carbocycles. The Morgan fingerprint density at radius 1 is 1.53 bits per heavy atom. The van der Waals surface area contributed by atoms with Gasteiger partial charge in [-0.3, -0.25) is 4.79 Å². The SMILES string of the molecule is CCC(C)C(NC(N)=O)C(=O)N1CC(CO)C1. The van der Waals surface area contributed by atoms with E-state index in [1.807, 2.05) is 13.8 Å². The van der Waals surface area contributed by atoms with Crippen LogP contribution in [0, 0.1) is 11.8 Å². The summed E-state index contributed by atoms with van der Waals surface area (Å²) in [5.74, 6) is 0.108. The predicted molar refractivity (Wildman–Crippen MR) is 63.1 cm³/mol. The lowest BCUT2D eigenvalue weighted by molar-refractivity contribution is -0.141. The van der Waals surface area contributed by atoms with Gasteiger partial charge in [0.1, 0.15) is 6.04 Å². The molecule has 4 N–H and O–H groups in total. The van der Waals surface area contributed by atoms with E-state index in [1.165, 1.54) is 0 Å². The fraction of sp³-hybridized carbons (Fsp3) is 0.818. The maximum atomic E-state index is 12.1. The number of amides is 3. The molecule has 0 saturated carbocycles. The van der Waals surface area contributed by atoms with Gasteiger partial charge in [-0.05, 0) is 5.92 Å². The Labute approximate surface area is 101 Å². The number of likely N-dealkylation sites (tertiary alicyclic amines) is 1. The van der Waals surface area contributed by atoms with E-state index in [2.05, 4.69) is 5.32 Å². The Morgan fingerprint density at radius 3 is 2.53 bits per heavy atom. The highest BCUT2D eigenvalue weighted by Gasteiger charge is 2.36. The number of nitrogens with zero attached hydrogens (tertiary/aromatic N) is 1. The number of aliphatic hydroxyl groups is 1. The van der Waals surface area contributed by atoms with Crippen molar-refractivity contribution in [2.45, 2.75) is 26.3 Å². The second-order valence-corrected chi connectivity index (χ2v) is 4.66. The topological polar surface area (TPSA) is 95.7 Å². The normalized spacial score (nSPS) is 19.4. The molecule has 1 aliphatic heterocycles. The van der Waals surface area contributed by atoms with Crippen LogP contribution in [-0.4, -0.2) is 47.7 Å². The maximum Gasteiger partial charge on any atom is 0.312 e. The van der Waals surface area contributed by atoms with Crippen LogP contribution in [0.2, 0.25) is 0 Å². The minimum atomic E-state index is -0.678. The molecule has 0 radical (unpaired) electrons. The second kappa shape index (κ2) is 5.86. The summed E-state index contributed by atoms with van der Waals surface area (Å²) < 4.78 is 0. The summed E-state index contributed by atoms with van der Waals surface area (Å²) in [6.45, 7) is 5.08. The highest BCUT2D eigenvalue weighted by atomic mass is 16.3. The molecule has 2 atom stereocenters. The molecule has 0 spiro atoms. The minimum Gasteiger partial charge on any atom is -0.396 e. The molecule has 1 aliphatic rings. The fourth-order valence-electron chi connectivity index (χ4n) is 1.90. The average Bonchev–Trinajstić information content (AvgIpc) is 2.23. The van der Waals surface area contributed by atoms with Gasteiger partial charge in [-0.1, -0.05) is 20.3 Å². The first kappa shape index (κ1) is 13.8. The third-order valence-corrected chi connectivity index (χ3v) is 3.30. The summed E-state index contributed by atoms with van der Waals surface area (Å²) in [6, 6.07) is -1.24. The Bertz CT molecular complexity index is 290. The quantitative estimate of drug-likeness (QED) is 0.608. The van der Waals surface area contributed by atoms with E-state index in [0.717, 1.165) is 6.42 Å². The van der Waals surface area contributed by atoms with Gasteiger partial charge in [0, 0.05) is 25.6 Å². The van der Waals surface area contributed by atoms with Crippen molar-refractivity contribution in [3.63, 3.8) is 0 Å². The molecule has 0 aliphatic carbocycles. The number of carbonyl (C=O) groups is 2. The van der Waals surface area contributed by atoms with Crippen molar-refractivity contribution in [1.29, 1.82) is 0 Å². The third kappa shape index (κ3) is 3.33. The van der Waals surface area contributed by atoms with E-state index in [9.17, 15) is 9.59 Å². The number of urea groups is 1. The molecule has 3 amide bonds. The van der Waals surface area contributed by atoms with Crippen LogP contribution in [0.4, 0.5) is 4.79 Å². The number of rotatable bonds is 5. The van der Waals surface area contributed by atoms with Crippen LogP contribution in [0.3, 0.4) is 0 Å². The van der Waals surface area contributed by atoms with E-state index in [4.69, 9.17) is 10.8 Å². The standard InChI is InChI=1S/C11H21N3O3/c1-3-7(2)9(13-11(12)17)10(16)14-4-8(5-14)6-15/h7-9,15H,3-6H2,1-2H3,(H3,12,13,17). The lowest BCUT2D eigenvalue weighted by Crippen LogP contribution is -2.59. The summed E-state index contributed by atoms with van der Waals surface area (Å²) in [7, 11) is 0. The van der Waals surface area contributed by atoms with Crippen molar-refractivity contribution >= 4 is 11.9 Å². The van der Waals surface area contributed by atoms with Crippen molar-refractivity contribution < 1.29 is 14.7 Å². The number of carbonyl (C=O) groups excluding carboxylic acids is 2. The average molecular weight is 243 g/mol. The Morgan fingerprint density at radius 2 is 2.12 bits per heavy atom. The molecule has 6 heteroatoms. The number of aliphatic hydroxyl groups excluding tert-OH is 1. The summed E-state index contributed by atoms with van der Waals surface area (Å²) in [5, 5.41) is 11.4. The number of hydrogen-bond donors (Lipinski definition) is 3. The molecule has 2 unspecified atom stereocenters. The van der Waals surface area contributed by atoms with Gasteiger partial charge >= 0.3 is 6.03 Å². The molecule has 1 rings (SSSR count). The van der Waals surface area contributed by atoms with Crippen molar-refractivity contribution in [3.05, 3.63) is 0 Å². The van der Waals surface area contributed by atoms with E-state index in [1.54, 1.807) is 4.90 Å². The smallest absolute Gasteiger partial charge is 0.312 e. The van der Waals surface area contributed by atoms with Crippen molar-refractivity contribution in [1.82, 2.24) is 10.2 Å². The first-order valence-corrected chi connectivity index (χ1v) is 5.95. The second-order valence-electron chi connectivity index (χ2n) is 4.66. The van der Waals surface area contributed by atoms with Crippen molar-refractivity contribution in [2.75, 3.05) is 19.7 Å². The van der Waals surface area contributed by atoms with Crippen molar-refractivity contribution in [2.24, 2.45) is 17.6 Å². The first-order valence-electron chi connectivity index (χ1n) is 5.95. The highest BCUT2D eigenvalue weighted by molar-refractivity contribution is 5.87. The molecular formula is C11H21N3O3. The number of hydrogen-bond acceptors (Lipinski definition) is 3. The fourth-order valence-corrected chi connectivity index (χ4v) is 1.90. The van der Waals surface area contributed by atoms with E-state index >= 15 is 0 Å². The molecule has 98 valence electrons. The monoisotopic (exact) mass is 243 g/mol. The van der Waals surface area contributed by atoms with Crippen LogP contribution in [0.25, 0.3) is 0 Å². The summed E-state index contributed by atoms with van der Waals surface area (Å²) in [6.07, 6.45) is 0.786. The summed E-state index contributed by atoms with van der Waals surface area (Å²) in [4.78, 5) is 24.6. The van der Waals surface area contributed by atoms with E-state index in [0.29, 0.717) is 13.1 Å². The van der Waals surface area contributed by atoms with Gasteiger partial charge in [0.15, 0.2) is 0 Å². The van der Waals surface area contributed by atoms with Crippen LogP contribution < -0.4 is 11.1 Å². The highest BCUT2D eigenvalue weighted by Crippen LogP contribution is 2.19. The zero-order valence-electron chi connectivity index (χ0n) is 10.3. The maximum absolute atomic E-state index is 12.1. The van der Waals surface area contributed by atoms with Gasteiger partial charge in [-0.25, -0.2) is 4.79 Å². The van der Waals surface area contributed by atoms with Gasteiger partial charge in [-0.15, -0.1) is 0 Å². The molecule has 17 heavy (non-hydrogen) atoms. The van der Waals surface area contributed by atoms with Crippen LogP contribution in [0.5, 0.6) is 0 Å². The van der Waals surface area contributed by atoms with E-state index in [-0.39, 0.29) is 24.3 Å². The van der Waals surface area contributed by atoms with Crippen LogP contribution >= 0.6 is 0 Å². The largest absolute Gasteiger partial charge is 0.396 e. The molecule has 0 aromatic heterocycles. The lowest BCUT2D eigenvalue weighted by Gasteiger charge is -2.41. The number of nitrogens with one attached hydrogen (secondary N) is 1. The predicted octanol–water partition coefficient (Wildman–Crippen LogP) is -0.480. The Balaban J connectivity index is 2.57. The zero-order valence-corrected chi connectivity index (χ0v) is 10.3. The molecular weight excluding hydrogens is 222 g/mol. The lowest BCUT2D eigenvalue weighted by atomic mass is 9.94. The zero-order chi connectivity index (χ0) is 13.0. The van der Waals surface area contributed by atoms with Gasteiger partial charge in [0.2, 0.25) is 5.91 Å². The molecule has 0 aromatic rings. The first-order chi connectivity index (χ1) is 7.99. The molecule has 1 heterocycles.